The van der Waals surface area contributed by atoms with E-state index in [4.69, 9.17) is 0 Å². The first-order valence-corrected chi connectivity index (χ1v) is 8.84. The Morgan fingerprint density at radius 2 is 2.17 bits per heavy atom. The van der Waals surface area contributed by atoms with Gasteiger partial charge in [0.15, 0.2) is 0 Å². The molecule has 0 aromatic carbocycles. The maximum atomic E-state index is 12.9. The van der Waals surface area contributed by atoms with Gasteiger partial charge in [-0.05, 0) is 31.1 Å². The van der Waals surface area contributed by atoms with Gasteiger partial charge in [0.25, 0.3) is 5.91 Å². The third kappa shape index (κ3) is 2.03. The van der Waals surface area contributed by atoms with Gasteiger partial charge in [-0.3, -0.25) is 9.48 Å². The summed E-state index contributed by atoms with van der Waals surface area (Å²) in [6, 6.07) is 0.579. The first-order valence-electron chi connectivity index (χ1n) is 8.84. The number of hydrogen-bond donors (Lipinski definition) is 0. The normalized spacial score (nSPS) is 25.2. The van der Waals surface area contributed by atoms with Gasteiger partial charge < -0.3 is 9.47 Å². The second-order valence-corrected chi connectivity index (χ2v) is 7.68. The lowest BCUT2D eigenvalue weighted by Gasteiger charge is -2.42. The Kier molecular flexibility index (Phi) is 2.90. The number of aromatic nitrogens is 5. The van der Waals surface area contributed by atoms with Crippen LogP contribution < -0.4 is 0 Å². The van der Waals surface area contributed by atoms with Crippen LogP contribution in [-0.4, -0.2) is 48.4 Å². The van der Waals surface area contributed by atoms with Crippen LogP contribution in [0.1, 0.15) is 60.2 Å². The average molecular weight is 326 g/mol. The van der Waals surface area contributed by atoms with E-state index in [1.165, 1.54) is 32.1 Å². The fraction of sp³-hybridized carbons (Fsp3) is 0.647. The van der Waals surface area contributed by atoms with Crippen molar-refractivity contribution >= 4 is 5.91 Å². The lowest BCUT2D eigenvalue weighted by atomic mass is 9.62. The Bertz CT molecular complexity index is 785. The topological polar surface area (TPSA) is 68.8 Å². The number of carbonyl (C=O) groups is 1. The number of amides is 1. The SMILES string of the molecule is Cn1cc(C(=O)N2CC(c3nncn3C3CC3)C3(CCC3)C2)cn1. The molecule has 2 saturated carbocycles. The Balaban J connectivity index is 1.45. The minimum absolute atomic E-state index is 0.0920. The minimum Gasteiger partial charge on any atom is -0.337 e. The Morgan fingerprint density at radius 3 is 2.79 bits per heavy atom. The van der Waals surface area contributed by atoms with Crippen molar-refractivity contribution in [3.8, 4) is 0 Å². The molecule has 0 N–H and O–H groups in total. The molecule has 7 nitrogen and oxygen atoms in total. The highest BCUT2D eigenvalue weighted by atomic mass is 16.2. The van der Waals surface area contributed by atoms with Gasteiger partial charge in [-0.25, -0.2) is 0 Å². The molecule has 2 aromatic heterocycles. The summed E-state index contributed by atoms with van der Waals surface area (Å²) < 4.78 is 3.95. The molecular formula is C17H22N6O. The van der Waals surface area contributed by atoms with Crippen molar-refractivity contribution in [3.05, 3.63) is 30.1 Å². The van der Waals surface area contributed by atoms with Crippen molar-refractivity contribution in [1.82, 2.24) is 29.4 Å². The number of carbonyl (C=O) groups excluding carboxylic acids is 1. The predicted octanol–water partition coefficient (Wildman–Crippen LogP) is 1.76. The molecule has 126 valence electrons. The van der Waals surface area contributed by atoms with E-state index in [9.17, 15) is 4.79 Å². The Morgan fingerprint density at radius 1 is 1.33 bits per heavy atom. The van der Waals surface area contributed by atoms with E-state index < -0.39 is 0 Å². The van der Waals surface area contributed by atoms with Crippen LogP contribution in [0.4, 0.5) is 0 Å². The van der Waals surface area contributed by atoms with Gasteiger partial charge >= 0.3 is 0 Å². The summed E-state index contributed by atoms with van der Waals surface area (Å²) in [7, 11) is 1.84. The van der Waals surface area contributed by atoms with Gasteiger partial charge in [0, 0.05) is 38.3 Å². The number of hydrogen-bond acceptors (Lipinski definition) is 4. The Hall–Kier alpha value is -2.18. The van der Waals surface area contributed by atoms with Crippen LogP contribution in [0.2, 0.25) is 0 Å². The standard InChI is InChI=1S/C17H22N6O/c1-21-8-12(7-19-21)16(24)22-9-14(17(10-22)5-2-6-17)15-20-18-11-23(15)13-3-4-13/h7-8,11,13-14H,2-6,9-10H2,1H3. The van der Waals surface area contributed by atoms with Crippen molar-refractivity contribution in [2.24, 2.45) is 12.5 Å². The summed E-state index contributed by atoms with van der Waals surface area (Å²) >= 11 is 0. The third-order valence-corrected chi connectivity index (χ3v) is 6.09. The number of aryl methyl sites for hydroxylation is 1. The maximum Gasteiger partial charge on any atom is 0.257 e. The molecule has 0 radical (unpaired) electrons. The van der Waals surface area contributed by atoms with Crippen molar-refractivity contribution < 1.29 is 4.79 Å². The number of rotatable bonds is 3. The van der Waals surface area contributed by atoms with E-state index in [1.54, 1.807) is 17.1 Å². The molecule has 5 rings (SSSR count). The van der Waals surface area contributed by atoms with Gasteiger partial charge in [-0.1, -0.05) is 6.42 Å². The number of nitrogens with zero attached hydrogens (tertiary/aromatic N) is 6. The van der Waals surface area contributed by atoms with Crippen LogP contribution in [0.3, 0.4) is 0 Å². The zero-order valence-corrected chi connectivity index (χ0v) is 13.9. The molecule has 1 saturated heterocycles. The first kappa shape index (κ1) is 14.2. The summed E-state index contributed by atoms with van der Waals surface area (Å²) in [6.07, 6.45) is 11.4. The summed E-state index contributed by atoms with van der Waals surface area (Å²) in [5.74, 6) is 1.50. The van der Waals surface area contributed by atoms with E-state index >= 15 is 0 Å². The number of likely N-dealkylation sites (tertiary alicyclic amines) is 1. The molecule has 1 atom stereocenters. The van der Waals surface area contributed by atoms with Crippen molar-refractivity contribution in [2.45, 2.75) is 44.1 Å². The van der Waals surface area contributed by atoms with Crippen LogP contribution in [0.5, 0.6) is 0 Å². The fourth-order valence-corrected chi connectivity index (χ4v) is 4.47. The van der Waals surface area contributed by atoms with E-state index in [0.29, 0.717) is 17.5 Å². The molecule has 3 fully saturated rings. The lowest BCUT2D eigenvalue weighted by molar-refractivity contribution is 0.0723. The largest absolute Gasteiger partial charge is 0.337 e. The van der Waals surface area contributed by atoms with Crippen molar-refractivity contribution in [3.63, 3.8) is 0 Å². The van der Waals surface area contributed by atoms with Crippen molar-refractivity contribution in [2.75, 3.05) is 13.1 Å². The third-order valence-electron chi connectivity index (χ3n) is 6.09. The molecule has 3 aliphatic rings. The molecular weight excluding hydrogens is 304 g/mol. The van der Waals surface area contributed by atoms with E-state index in [-0.39, 0.29) is 11.3 Å². The van der Waals surface area contributed by atoms with Crippen LogP contribution >= 0.6 is 0 Å². The Labute approximate surface area is 140 Å². The average Bonchev–Trinajstić information content (AvgIpc) is 2.99. The van der Waals surface area contributed by atoms with Gasteiger partial charge in [0.1, 0.15) is 12.2 Å². The molecule has 1 spiro atoms. The summed E-state index contributed by atoms with van der Waals surface area (Å²) in [6.45, 7) is 1.59. The minimum atomic E-state index is 0.0920. The van der Waals surface area contributed by atoms with Crippen LogP contribution in [0, 0.1) is 5.41 Å². The van der Waals surface area contributed by atoms with Gasteiger partial charge in [-0.15, -0.1) is 10.2 Å². The maximum absolute atomic E-state index is 12.9. The first-order chi connectivity index (χ1) is 11.7. The van der Waals surface area contributed by atoms with Gasteiger partial charge in [0.2, 0.25) is 0 Å². The van der Waals surface area contributed by atoms with Crippen molar-refractivity contribution in [1.29, 1.82) is 0 Å². The summed E-state index contributed by atoms with van der Waals surface area (Å²) in [5.41, 5.74) is 0.883. The molecule has 2 aliphatic carbocycles. The molecule has 3 heterocycles. The highest BCUT2D eigenvalue weighted by Crippen LogP contribution is 2.56. The molecule has 2 aromatic rings. The fourth-order valence-electron chi connectivity index (χ4n) is 4.47. The molecule has 1 unspecified atom stereocenters. The summed E-state index contributed by atoms with van der Waals surface area (Å²) in [5, 5.41) is 12.8. The summed E-state index contributed by atoms with van der Waals surface area (Å²) in [4.78, 5) is 14.9. The molecule has 24 heavy (non-hydrogen) atoms. The quantitative estimate of drug-likeness (QED) is 0.862. The zero-order chi connectivity index (χ0) is 16.3. The van der Waals surface area contributed by atoms with Crippen LogP contribution in [-0.2, 0) is 7.05 Å². The monoisotopic (exact) mass is 326 g/mol. The second kappa shape index (κ2) is 4.91. The van der Waals surface area contributed by atoms with E-state index in [0.717, 1.165) is 18.9 Å². The van der Waals surface area contributed by atoms with Crippen LogP contribution in [0.15, 0.2) is 18.7 Å². The predicted molar refractivity (Wildman–Crippen MR) is 86.4 cm³/mol. The molecule has 0 bridgehead atoms. The zero-order valence-electron chi connectivity index (χ0n) is 13.9. The van der Waals surface area contributed by atoms with E-state index in [2.05, 4.69) is 19.9 Å². The van der Waals surface area contributed by atoms with Crippen LogP contribution in [0.25, 0.3) is 0 Å². The molecule has 7 heteroatoms. The van der Waals surface area contributed by atoms with E-state index in [1.807, 2.05) is 18.3 Å². The smallest absolute Gasteiger partial charge is 0.257 e. The highest BCUT2D eigenvalue weighted by molar-refractivity contribution is 5.94. The van der Waals surface area contributed by atoms with Gasteiger partial charge in [-0.2, -0.15) is 5.10 Å². The highest BCUT2D eigenvalue weighted by Gasteiger charge is 2.54. The lowest BCUT2D eigenvalue weighted by Crippen LogP contribution is -2.38. The second-order valence-electron chi connectivity index (χ2n) is 7.68. The van der Waals surface area contributed by atoms with Gasteiger partial charge in [0.05, 0.1) is 11.8 Å². The molecule has 1 aliphatic heterocycles. The molecule has 1 amide bonds.